The summed E-state index contributed by atoms with van der Waals surface area (Å²) in [4.78, 5) is 26.0. The molecule has 2 heterocycles. The van der Waals surface area contributed by atoms with Crippen LogP contribution in [-0.4, -0.2) is 40.1 Å². The van der Waals surface area contributed by atoms with E-state index in [1.165, 1.54) is 22.5 Å². The molecule has 23 heavy (non-hydrogen) atoms. The van der Waals surface area contributed by atoms with Crippen molar-refractivity contribution in [2.75, 3.05) is 13.2 Å². The van der Waals surface area contributed by atoms with Crippen molar-refractivity contribution in [1.82, 2.24) is 4.90 Å². The second kappa shape index (κ2) is 8.50. The number of thiophene rings is 1. The Bertz CT molecular complexity index is 608. The molecule has 2 rings (SSSR count). The first-order valence-electron chi connectivity index (χ1n) is 7.26. The van der Waals surface area contributed by atoms with Gasteiger partial charge < -0.3 is 19.5 Å². The van der Waals surface area contributed by atoms with Crippen LogP contribution in [0.25, 0.3) is 0 Å². The van der Waals surface area contributed by atoms with Crippen molar-refractivity contribution in [2.24, 2.45) is 0 Å². The molecule has 2 aromatic heterocycles. The third kappa shape index (κ3) is 5.22. The highest BCUT2D eigenvalue weighted by Crippen LogP contribution is 2.28. The van der Waals surface area contributed by atoms with Crippen LogP contribution < -0.4 is 0 Å². The first-order valence-corrected chi connectivity index (χ1v) is 8.14. The summed E-state index contributed by atoms with van der Waals surface area (Å²) in [7, 11) is 0. The molecule has 0 fully saturated rings. The van der Waals surface area contributed by atoms with Crippen LogP contribution in [0.1, 0.15) is 29.4 Å². The van der Waals surface area contributed by atoms with E-state index < -0.39 is 5.97 Å². The molecule has 0 bridgehead atoms. The lowest BCUT2D eigenvalue weighted by atomic mass is 9.98. The predicted molar refractivity (Wildman–Crippen MR) is 85.1 cm³/mol. The van der Waals surface area contributed by atoms with E-state index in [0.717, 1.165) is 4.88 Å². The Balaban J connectivity index is 2.06. The molecule has 0 radical (unpaired) electrons. The largest absolute Gasteiger partial charge is 0.481 e. The summed E-state index contributed by atoms with van der Waals surface area (Å²) in [6.07, 6.45) is 1.52. The Hall–Kier alpha value is -2.12. The molecule has 7 heteroatoms. The van der Waals surface area contributed by atoms with Gasteiger partial charge in [-0.05, 0) is 23.6 Å². The number of carbonyl (C=O) groups excluding carboxylic acids is 1. The second-order valence-electron chi connectivity index (χ2n) is 5.13. The van der Waals surface area contributed by atoms with Gasteiger partial charge in [-0.2, -0.15) is 0 Å². The van der Waals surface area contributed by atoms with Crippen LogP contribution in [0.15, 0.2) is 40.3 Å². The van der Waals surface area contributed by atoms with Crippen molar-refractivity contribution in [3.63, 3.8) is 0 Å². The molecule has 0 aliphatic heterocycles. The Morgan fingerprint density at radius 2 is 2.09 bits per heavy atom. The first-order chi connectivity index (χ1) is 11.1. The maximum Gasteiger partial charge on any atom is 0.304 e. The lowest BCUT2D eigenvalue weighted by molar-refractivity contribution is -0.138. The van der Waals surface area contributed by atoms with E-state index in [9.17, 15) is 9.59 Å². The van der Waals surface area contributed by atoms with Gasteiger partial charge in [-0.3, -0.25) is 9.59 Å². The molecule has 0 saturated heterocycles. The molecular weight excluding hydrogens is 318 g/mol. The average molecular weight is 337 g/mol. The van der Waals surface area contributed by atoms with Crippen LogP contribution in [-0.2, 0) is 16.1 Å². The fourth-order valence-corrected chi connectivity index (χ4v) is 3.18. The zero-order valence-electron chi connectivity index (χ0n) is 12.6. The maximum absolute atomic E-state index is 12.5. The highest BCUT2D eigenvalue weighted by atomic mass is 32.1. The lowest BCUT2D eigenvalue weighted by Gasteiger charge is -2.23. The van der Waals surface area contributed by atoms with Gasteiger partial charge in [0.2, 0.25) is 5.91 Å². The molecule has 0 aromatic carbocycles. The number of carboxylic acids is 1. The molecule has 1 unspecified atom stereocenters. The molecule has 2 N–H and O–H groups in total. The van der Waals surface area contributed by atoms with E-state index in [-0.39, 0.29) is 44.4 Å². The summed E-state index contributed by atoms with van der Waals surface area (Å²) < 4.78 is 5.23. The number of carbonyl (C=O) groups is 2. The van der Waals surface area contributed by atoms with Crippen LogP contribution in [0.2, 0.25) is 0 Å². The zero-order chi connectivity index (χ0) is 16.7. The van der Waals surface area contributed by atoms with Crippen LogP contribution in [0.5, 0.6) is 0 Å². The van der Waals surface area contributed by atoms with Gasteiger partial charge in [0.05, 0.1) is 25.8 Å². The predicted octanol–water partition coefficient (Wildman–Crippen LogP) is 2.31. The average Bonchev–Trinajstić information content (AvgIpc) is 3.19. The second-order valence-corrected chi connectivity index (χ2v) is 6.11. The minimum Gasteiger partial charge on any atom is -0.481 e. The lowest BCUT2D eigenvalue weighted by Crippen LogP contribution is -2.34. The van der Waals surface area contributed by atoms with Crippen LogP contribution in [0.3, 0.4) is 0 Å². The summed E-state index contributed by atoms with van der Waals surface area (Å²) in [5.74, 6) is -0.874. The molecule has 1 atom stereocenters. The van der Waals surface area contributed by atoms with E-state index in [4.69, 9.17) is 14.6 Å². The van der Waals surface area contributed by atoms with E-state index in [2.05, 4.69) is 0 Å². The SMILES string of the molecule is O=C(O)CC(CC(=O)N(CCO)Cc1ccco1)c1cccs1. The Kier molecular flexibility index (Phi) is 6.37. The Morgan fingerprint density at radius 3 is 2.65 bits per heavy atom. The zero-order valence-corrected chi connectivity index (χ0v) is 13.4. The van der Waals surface area contributed by atoms with E-state index in [1.807, 2.05) is 17.5 Å². The van der Waals surface area contributed by atoms with Crippen LogP contribution >= 0.6 is 11.3 Å². The highest BCUT2D eigenvalue weighted by Gasteiger charge is 2.24. The molecule has 0 aliphatic rings. The van der Waals surface area contributed by atoms with Crippen LogP contribution in [0.4, 0.5) is 0 Å². The van der Waals surface area contributed by atoms with Gasteiger partial charge >= 0.3 is 5.97 Å². The minimum atomic E-state index is -0.934. The third-order valence-corrected chi connectivity index (χ3v) is 4.47. The van der Waals surface area contributed by atoms with E-state index in [1.54, 1.807) is 12.1 Å². The van der Waals surface area contributed by atoms with Gasteiger partial charge in [-0.15, -0.1) is 11.3 Å². The number of amides is 1. The number of aliphatic hydroxyl groups excluding tert-OH is 1. The number of aliphatic hydroxyl groups is 1. The maximum atomic E-state index is 12.5. The van der Waals surface area contributed by atoms with Gasteiger partial charge in [0.15, 0.2) is 0 Å². The van der Waals surface area contributed by atoms with Crippen molar-refractivity contribution in [1.29, 1.82) is 0 Å². The van der Waals surface area contributed by atoms with Gasteiger partial charge in [0.25, 0.3) is 0 Å². The third-order valence-electron chi connectivity index (χ3n) is 3.44. The van der Waals surface area contributed by atoms with E-state index in [0.29, 0.717) is 5.76 Å². The summed E-state index contributed by atoms with van der Waals surface area (Å²) in [5, 5.41) is 20.1. The molecule has 124 valence electrons. The number of aliphatic carboxylic acids is 1. The summed E-state index contributed by atoms with van der Waals surface area (Å²) in [6.45, 7) is 0.287. The smallest absolute Gasteiger partial charge is 0.304 e. The number of rotatable bonds is 9. The van der Waals surface area contributed by atoms with Gasteiger partial charge in [-0.1, -0.05) is 6.07 Å². The topological polar surface area (TPSA) is 91.0 Å². The van der Waals surface area contributed by atoms with Crippen molar-refractivity contribution < 1.29 is 24.2 Å². The Labute approximate surface area is 138 Å². The molecule has 0 saturated carbocycles. The molecule has 1 amide bonds. The molecule has 0 spiro atoms. The summed E-state index contributed by atoms with van der Waals surface area (Å²) in [5.41, 5.74) is 0. The molecule has 0 aliphatic carbocycles. The molecular formula is C16H19NO5S. The van der Waals surface area contributed by atoms with Crippen molar-refractivity contribution in [2.45, 2.75) is 25.3 Å². The van der Waals surface area contributed by atoms with Gasteiger partial charge in [0, 0.05) is 23.8 Å². The number of furan rings is 1. The fourth-order valence-electron chi connectivity index (χ4n) is 2.35. The monoisotopic (exact) mass is 337 g/mol. The number of hydrogen-bond acceptors (Lipinski definition) is 5. The van der Waals surface area contributed by atoms with Crippen LogP contribution in [0, 0.1) is 0 Å². The number of hydrogen-bond donors (Lipinski definition) is 2. The normalized spacial score (nSPS) is 12.0. The number of nitrogens with zero attached hydrogens (tertiary/aromatic N) is 1. The summed E-state index contributed by atoms with van der Waals surface area (Å²) in [6, 6.07) is 7.17. The van der Waals surface area contributed by atoms with Crippen molar-refractivity contribution >= 4 is 23.2 Å². The molecule has 6 nitrogen and oxygen atoms in total. The quantitative estimate of drug-likeness (QED) is 0.733. The van der Waals surface area contributed by atoms with Crippen molar-refractivity contribution in [3.05, 3.63) is 46.5 Å². The minimum absolute atomic E-state index is 0.0908. The molecule has 2 aromatic rings. The standard InChI is InChI=1S/C16H19NO5S/c18-6-5-17(11-13-3-1-7-22-13)15(19)9-12(10-16(20)21)14-4-2-8-23-14/h1-4,7-8,12,18H,5-6,9-11H2,(H,20,21). The fraction of sp³-hybridized carbons (Fsp3) is 0.375. The highest BCUT2D eigenvalue weighted by molar-refractivity contribution is 7.10. The Morgan fingerprint density at radius 1 is 1.26 bits per heavy atom. The summed E-state index contributed by atoms with van der Waals surface area (Å²) >= 11 is 1.44. The van der Waals surface area contributed by atoms with Gasteiger partial charge in [-0.25, -0.2) is 0 Å². The number of carboxylic acid groups (broad SMARTS) is 1. The van der Waals surface area contributed by atoms with E-state index >= 15 is 0 Å². The van der Waals surface area contributed by atoms with Crippen molar-refractivity contribution in [3.8, 4) is 0 Å². The van der Waals surface area contributed by atoms with Gasteiger partial charge in [0.1, 0.15) is 5.76 Å². The first kappa shape index (κ1) is 17.2.